The number of carbonyl (C=O) groups is 1. The molecule has 6 nitrogen and oxygen atoms in total. The normalized spacial score (nSPS) is 21.7. The van der Waals surface area contributed by atoms with Crippen LogP contribution in [0.3, 0.4) is 0 Å². The molecule has 1 N–H and O–H groups in total. The number of carbonyl (C=O) groups excluding carboxylic acids is 1. The van der Waals surface area contributed by atoms with Crippen LogP contribution in [-0.2, 0) is 13.1 Å². The van der Waals surface area contributed by atoms with E-state index < -0.39 is 0 Å². The van der Waals surface area contributed by atoms with E-state index in [9.17, 15) is 4.79 Å². The Hall–Kier alpha value is -2.47. The average molecular weight is 370 g/mol. The summed E-state index contributed by atoms with van der Waals surface area (Å²) < 4.78 is 4.40. The van der Waals surface area contributed by atoms with Crippen LogP contribution in [0.25, 0.3) is 10.9 Å². The van der Waals surface area contributed by atoms with Crippen molar-refractivity contribution in [3.63, 3.8) is 0 Å². The largest absolute Gasteiger partial charge is 0.341 e. The van der Waals surface area contributed by atoms with Gasteiger partial charge >= 0.3 is 6.03 Å². The smallest absolute Gasteiger partial charge is 0.318 e. The molecular formula is C19H20ClN5O. The summed E-state index contributed by atoms with van der Waals surface area (Å²) in [6.07, 6.45) is 4.67. The van der Waals surface area contributed by atoms with E-state index in [1.807, 2.05) is 23.2 Å². The number of benzene rings is 1. The van der Waals surface area contributed by atoms with Gasteiger partial charge in [0.05, 0.1) is 12.6 Å². The lowest BCUT2D eigenvalue weighted by Gasteiger charge is -2.30. The van der Waals surface area contributed by atoms with Gasteiger partial charge in [0.1, 0.15) is 5.82 Å². The maximum absolute atomic E-state index is 12.8. The van der Waals surface area contributed by atoms with E-state index in [4.69, 9.17) is 11.6 Å². The molecule has 0 saturated carbocycles. The Kier molecular flexibility index (Phi) is 3.50. The van der Waals surface area contributed by atoms with Crippen LogP contribution in [-0.4, -0.2) is 31.6 Å². The van der Waals surface area contributed by atoms with Gasteiger partial charge in [-0.3, -0.25) is 0 Å². The first-order chi connectivity index (χ1) is 12.6. The standard InChI is InChI=1S/C19H20ClN5O/c1-12-9-16(18-21-5-6-24(12)18)22-19(26)23-7-8-25-13(11-23)10-14-15(20)3-2-4-17(14)25/h2-6,10,12,16H,7-9,11H2,1H3,(H,22,26). The van der Waals surface area contributed by atoms with Gasteiger partial charge in [-0.2, -0.15) is 0 Å². The van der Waals surface area contributed by atoms with E-state index in [1.54, 1.807) is 6.20 Å². The van der Waals surface area contributed by atoms with Crippen LogP contribution in [0.2, 0.25) is 5.02 Å². The molecular weight excluding hydrogens is 350 g/mol. The minimum Gasteiger partial charge on any atom is -0.341 e. The first-order valence-corrected chi connectivity index (χ1v) is 9.34. The van der Waals surface area contributed by atoms with Crippen molar-refractivity contribution in [3.8, 4) is 0 Å². The zero-order valence-corrected chi connectivity index (χ0v) is 15.3. The molecule has 7 heteroatoms. The molecule has 1 aromatic carbocycles. The van der Waals surface area contributed by atoms with Gasteiger partial charge in [-0.1, -0.05) is 17.7 Å². The van der Waals surface area contributed by atoms with Gasteiger partial charge in [0.2, 0.25) is 0 Å². The maximum atomic E-state index is 12.8. The van der Waals surface area contributed by atoms with Gasteiger partial charge in [0, 0.05) is 53.1 Å². The molecule has 0 saturated heterocycles. The number of hydrogen-bond donors (Lipinski definition) is 1. The highest BCUT2D eigenvalue weighted by atomic mass is 35.5. The summed E-state index contributed by atoms with van der Waals surface area (Å²) in [7, 11) is 0. The number of nitrogens with zero attached hydrogens (tertiary/aromatic N) is 4. The lowest BCUT2D eigenvalue weighted by atomic mass is 10.2. The molecule has 26 heavy (non-hydrogen) atoms. The number of imidazole rings is 1. The first kappa shape index (κ1) is 15.8. The maximum Gasteiger partial charge on any atom is 0.318 e. The number of amides is 2. The highest BCUT2D eigenvalue weighted by Crippen LogP contribution is 2.33. The molecule has 0 radical (unpaired) electrons. The van der Waals surface area contributed by atoms with Gasteiger partial charge < -0.3 is 19.4 Å². The summed E-state index contributed by atoms with van der Waals surface area (Å²) in [5, 5.41) is 4.98. The molecule has 2 atom stereocenters. The van der Waals surface area contributed by atoms with Gasteiger partial charge in [0.15, 0.2) is 0 Å². The fraction of sp³-hybridized carbons (Fsp3) is 0.368. The van der Waals surface area contributed by atoms with Crippen molar-refractivity contribution in [3.05, 3.63) is 53.2 Å². The number of hydrogen-bond acceptors (Lipinski definition) is 2. The second-order valence-electron chi connectivity index (χ2n) is 7.16. The Morgan fingerprint density at radius 1 is 1.35 bits per heavy atom. The van der Waals surface area contributed by atoms with Crippen LogP contribution in [0, 0.1) is 0 Å². The van der Waals surface area contributed by atoms with Crippen molar-refractivity contribution in [2.75, 3.05) is 6.54 Å². The summed E-state index contributed by atoms with van der Waals surface area (Å²) >= 11 is 6.32. The van der Waals surface area contributed by atoms with Crippen molar-refractivity contribution >= 4 is 28.5 Å². The predicted octanol–water partition coefficient (Wildman–Crippen LogP) is 3.72. The Morgan fingerprint density at radius 3 is 3.12 bits per heavy atom. The molecule has 0 aliphatic carbocycles. The van der Waals surface area contributed by atoms with E-state index in [1.165, 1.54) is 0 Å². The SMILES string of the molecule is CC1CC(NC(=O)N2CCn3c(cc4c(Cl)cccc43)C2)c2nccn21. The molecule has 0 bridgehead atoms. The summed E-state index contributed by atoms with van der Waals surface area (Å²) in [4.78, 5) is 19.1. The van der Waals surface area contributed by atoms with Crippen molar-refractivity contribution in [1.82, 2.24) is 24.3 Å². The molecule has 4 heterocycles. The number of halogens is 1. The van der Waals surface area contributed by atoms with E-state index in [0.29, 0.717) is 19.1 Å². The van der Waals surface area contributed by atoms with E-state index in [2.05, 4.69) is 38.5 Å². The highest BCUT2D eigenvalue weighted by Gasteiger charge is 2.32. The van der Waals surface area contributed by atoms with Crippen LogP contribution in [0.4, 0.5) is 4.79 Å². The zero-order valence-electron chi connectivity index (χ0n) is 14.5. The van der Waals surface area contributed by atoms with Crippen LogP contribution >= 0.6 is 11.6 Å². The van der Waals surface area contributed by atoms with Gasteiger partial charge in [-0.15, -0.1) is 0 Å². The molecule has 2 aliphatic heterocycles. The summed E-state index contributed by atoms with van der Waals surface area (Å²) in [6.45, 7) is 4.21. The lowest BCUT2D eigenvalue weighted by Crippen LogP contribution is -2.45. The van der Waals surface area contributed by atoms with Crippen LogP contribution in [0.5, 0.6) is 0 Å². The van der Waals surface area contributed by atoms with E-state index in [0.717, 1.165) is 40.4 Å². The summed E-state index contributed by atoms with van der Waals surface area (Å²) in [6, 6.07) is 8.38. The molecule has 2 aliphatic rings. The quantitative estimate of drug-likeness (QED) is 0.710. The minimum absolute atomic E-state index is 0.0188. The fourth-order valence-corrected chi connectivity index (χ4v) is 4.48. The molecule has 2 aromatic heterocycles. The number of aromatic nitrogens is 3. The second-order valence-corrected chi connectivity index (χ2v) is 7.57. The Bertz CT molecular complexity index is 1010. The molecule has 2 amide bonds. The van der Waals surface area contributed by atoms with Gasteiger partial charge in [-0.25, -0.2) is 9.78 Å². The number of nitrogens with one attached hydrogen (secondary N) is 1. The molecule has 0 spiro atoms. The van der Waals surface area contributed by atoms with Crippen LogP contribution < -0.4 is 5.32 Å². The molecule has 5 rings (SSSR count). The monoisotopic (exact) mass is 369 g/mol. The third kappa shape index (κ3) is 2.32. The molecule has 0 fully saturated rings. The van der Waals surface area contributed by atoms with Crippen molar-refractivity contribution in [1.29, 1.82) is 0 Å². The van der Waals surface area contributed by atoms with E-state index >= 15 is 0 Å². The third-order valence-electron chi connectivity index (χ3n) is 5.57. The van der Waals surface area contributed by atoms with Crippen molar-refractivity contribution in [2.24, 2.45) is 0 Å². The zero-order chi connectivity index (χ0) is 17.8. The Balaban J connectivity index is 1.36. The average Bonchev–Trinajstić information content (AvgIpc) is 3.31. The third-order valence-corrected chi connectivity index (χ3v) is 5.90. The minimum atomic E-state index is -0.0266. The predicted molar refractivity (Wildman–Crippen MR) is 100 cm³/mol. The van der Waals surface area contributed by atoms with Gasteiger partial charge in [-0.05, 0) is 31.5 Å². The number of urea groups is 1. The summed E-state index contributed by atoms with van der Waals surface area (Å²) in [5.74, 6) is 0.948. The van der Waals surface area contributed by atoms with Crippen molar-refractivity contribution in [2.45, 2.75) is 38.5 Å². The Labute approximate surface area is 156 Å². The van der Waals surface area contributed by atoms with E-state index in [-0.39, 0.29) is 12.1 Å². The van der Waals surface area contributed by atoms with Crippen molar-refractivity contribution < 1.29 is 4.79 Å². The first-order valence-electron chi connectivity index (χ1n) is 8.96. The highest BCUT2D eigenvalue weighted by molar-refractivity contribution is 6.35. The second kappa shape index (κ2) is 5.77. The Morgan fingerprint density at radius 2 is 2.23 bits per heavy atom. The number of fused-ring (bicyclic) bond motifs is 4. The van der Waals surface area contributed by atoms with Gasteiger partial charge in [0.25, 0.3) is 0 Å². The fourth-order valence-electron chi connectivity index (χ4n) is 4.26. The lowest BCUT2D eigenvalue weighted by molar-refractivity contribution is 0.179. The topological polar surface area (TPSA) is 55.1 Å². The molecule has 3 aromatic rings. The molecule has 134 valence electrons. The summed E-state index contributed by atoms with van der Waals surface area (Å²) in [5.41, 5.74) is 2.26. The van der Waals surface area contributed by atoms with Crippen LogP contribution in [0.15, 0.2) is 36.7 Å². The molecule has 2 unspecified atom stereocenters. The van der Waals surface area contributed by atoms with Crippen LogP contribution in [0.1, 0.15) is 36.9 Å². The number of rotatable bonds is 1.